The van der Waals surface area contributed by atoms with Crippen LogP contribution in [0.4, 0.5) is 0 Å². The van der Waals surface area contributed by atoms with E-state index in [1.165, 1.54) is 23.5 Å². The SMILES string of the molecule is COc1cc(Cl)ccc1S(=O)(=O)N1CCN(C)CC1CN. The van der Waals surface area contributed by atoms with Crippen molar-refractivity contribution in [2.24, 2.45) is 5.73 Å². The fraction of sp³-hybridized carbons (Fsp3) is 0.538. The molecule has 0 bridgehead atoms. The fourth-order valence-electron chi connectivity index (χ4n) is 2.48. The van der Waals surface area contributed by atoms with E-state index in [0.29, 0.717) is 24.7 Å². The van der Waals surface area contributed by atoms with E-state index < -0.39 is 10.0 Å². The number of hydrogen-bond acceptors (Lipinski definition) is 5. The standard InChI is InChI=1S/C13H20ClN3O3S/c1-16-5-6-17(11(8-15)9-16)21(18,19)13-4-3-10(14)7-12(13)20-2/h3-4,7,11H,5-6,8-9,15H2,1-2H3. The molecule has 0 radical (unpaired) electrons. The summed E-state index contributed by atoms with van der Waals surface area (Å²) in [4.78, 5) is 2.19. The van der Waals surface area contributed by atoms with Gasteiger partial charge in [0.05, 0.1) is 13.2 Å². The molecule has 6 nitrogen and oxygen atoms in total. The molecule has 0 spiro atoms. The fourth-order valence-corrected chi connectivity index (χ4v) is 4.40. The lowest BCUT2D eigenvalue weighted by Crippen LogP contribution is -2.56. The minimum atomic E-state index is -3.66. The molecular formula is C13H20ClN3O3S. The van der Waals surface area contributed by atoms with E-state index in [2.05, 4.69) is 4.90 Å². The summed E-state index contributed by atoms with van der Waals surface area (Å²) < 4.78 is 32.4. The second-order valence-corrected chi connectivity index (χ2v) is 7.36. The third-order valence-corrected chi connectivity index (χ3v) is 5.84. The maximum atomic E-state index is 12.9. The normalized spacial score (nSPS) is 21.4. The van der Waals surface area contributed by atoms with Crippen molar-refractivity contribution in [3.63, 3.8) is 0 Å². The number of methoxy groups -OCH3 is 1. The molecule has 21 heavy (non-hydrogen) atoms. The summed E-state index contributed by atoms with van der Waals surface area (Å²) in [5.74, 6) is 0.247. The first-order valence-corrected chi connectivity index (χ1v) is 8.46. The van der Waals surface area contributed by atoms with Gasteiger partial charge in [0.25, 0.3) is 0 Å². The van der Waals surface area contributed by atoms with E-state index in [1.54, 1.807) is 6.07 Å². The van der Waals surface area contributed by atoms with Crippen LogP contribution in [-0.2, 0) is 10.0 Å². The van der Waals surface area contributed by atoms with Crippen LogP contribution in [0.3, 0.4) is 0 Å². The number of hydrogen-bond donors (Lipinski definition) is 1. The van der Waals surface area contributed by atoms with E-state index in [4.69, 9.17) is 22.1 Å². The highest BCUT2D eigenvalue weighted by Gasteiger charge is 2.36. The van der Waals surface area contributed by atoms with E-state index >= 15 is 0 Å². The van der Waals surface area contributed by atoms with Gasteiger partial charge < -0.3 is 15.4 Å². The summed E-state index contributed by atoms with van der Waals surface area (Å²) in [5, 5.41) is 0.430. The molecule has 1 aromatic rings. The molecule has 1 aromatic carbocycles. The lowest BCUT2D eigenvalue weighted by Gasteiger charge is -2.38. The van der Waals surface area contributed by atoms with Gasteiger partial charge in [-0.15, -0.1) is 0 Å². The first-order chi connectivity index (χ1) is 9.90. The van der Waals surface area contributed by atoms with E-state index in [0.717, 1.165) is 0 Å². The number of sulfonamides is 1. The molecule has 1 heterocycles. The average Bonchev–Trinajstić information content (AvgIpc) is 2.46. The number of ether oxygens (including phenoxy) is 1. The second kappa shape index (κ2) is 6.50. The van der Waals surface area contributed by atoms with Crippen LogP contribution in [0.2, 0.25) is 5.02 Å². The van der Waals surface area contributed by atoms with Crippen LogP contribution in [0.25, 0.3) is 0 Å². The third-order valence-electron chi connectivity index (χ3n) is 3.62. The van der Waals surface area contributed by atoms with Crippen LogP contribution >= 0.6 is 11.6 Å². The summed E-state index contributed by atoms with van der Waals surface area (Å²) in [6.07, 6.45) is 0. The van der Waals surface area contributed by atoms with E-state index in [1.807, 2.05) is 7.05 Å². The summed E-state index contributed by atoms with van der Waals surface area (Å²) in [5.41, 5.74) is 5.74. The number of halogens is 1. The average molecular weight is 334 g/mol. The van der Waals surface area contributed by atoms with Crippen molar-refractivity contribution in [1.82, 2.24) is 9.21 Å². The van der Waals surface area contributed by atoms with Gasteiger partial charge in [-0.2, -0.15) is 4.31 Å². The highest BCUT2D eigenvalue weighted by Crippen LogP contribution is 2.31. The van der Waals surface area contributed by atoms with Crippen LogP contribution in [0.1, 0.15) is 0 Å². The van der Waals surface area contributed by atoms with Gasteiger partial charge in [0.1, 0.15) is 10.6 Å². The summed E-state index contributed by atoms with van der Waals surface area (Å²) in [7, 11) is -0.284. The van der Waals surface area contributed by atoms with Gasteiger partial charge in [0.2, 0.25) is 10.0 Å². The Bertz CT molecular complexity index is 609. The Hall–Kier alpha value is -0.860. The number of likely N-dealkylation sites (N-methyl/N-ethyl adjacent to an activating group) is 1. The molecule has 8 heteroatoms. The first-order valence-electron chi connectivity index (χ1n) is 6.64. The monoisotopic (exact) mass is 333 g/mol. The third kappa shape index (κ3) is 3.32. The predicted octanol–water partition coefficient (Wildman–Crippen LogP) is 0.612. The van der Waals surface area contributed by atoms with Crippen LogP contribution in [0, 0.1) is 0 Å². The Morgan fingerprint density at radius 1 is 1.43 bits per heavy atom. The highest BCUT2D eigenvalue weighted by molar-refractivity contribution is 7.89. The molecule has 1 aliphatic heterocycles. The number of benzene rings is 1. The minimum absolute atomic E-state index is 0.123. The molecule has 0 aromatic heterocycles. The zero-order chi connectivity index (χ0) is 15.6. The van der Waals surface area contributed by atoms with Crippen LogP contribution in [0.5, 0.6) is 5.75 Å². The van der Waals surface area contributed by atoms with Crippen molar-refractivity contribution in [3.05, 3.63) is 23.2 Å². The molecule has 1 fully saturated rings. The van der Waals surface area contributed by atoms with Crippen molar-refractivity contribution < 1.29 is 13.2 Å². The predicted molar refractivity (Wildman–Crippen MR) is 82.2 cm³/mol. The van der Waals surface area contributed by atoms with Gasteiger partial charge in [0.15, 0.2) is 0 Å². The molecule has 1 saturated heterocycles. The van der Waals surface area contributed by atoms with Crippen LogP contribution < -0.4 is 10.5 Å². The van der Waals surface area contributed by atoms with Crippen LogP contribution in [-0.4, -0.2) is 64.0 Å². The summed E-state index contributed by atoms with van der Waals surface area (Å²) in [6, 6.07) is 4.28. The molecule has 0 saturated carbocycles. The number of piperazine rings is 1. The van der Waals surface area contributed by atoms with E-state index in [-0.39, 0.29) is 23.2 Å². The zero-order valence-electron chi connectivity index (χ0n) is 12.1. The molecule has 0 amide bonds. The maximum Gasteiger partial charge on any atom is 0.247 e. The molecular weight excluding hydrogens is 314 g/mol. The van der Waals surface area contributed by atoms with Gasteiger partial charge in [-0.05, 0) is 19.2 Å². The quantitative estimate of drug-likeness (QED) is 0.874. The highest BCUT2D eigenvalue weighted by atomic mass is 35.5. The Kier molecular flexibility index (Phi) is 5.11. The first kappa shape index (κ1) is 16.5. The van der Waals surface area contributed by atoms with Gasteiger partial charge in [-0.3, -0.25) is 0 Å². The summed E-state index contributed by atoms with van der Waals surface area (Å²) >= 11 is 5.89. The maximum absolute atomic E-state index is 12.9. The van der Waals surface area contributed by atoms with Gasteiger partial charge in [0, 0.05) is 37.3 Å². The lowest BCUT2D eigenvalue weighted by atomic mass is 10.2. The second-order valence-electron chi connectivity index (χ2n) is 5.06. The smallest absolute Gasteiger partial charge is 0.247 e. The molecule has 2 N–H and O–H groups in total. The summed E-state index contributed by atoms with van der Waals surface area (Å²) in [6.45, 7) is 1.98. The van der Waals surface area contributed by atoms with Gasteiger partial charge in [-0.1, -0.05) is 11.6 Å². The van der Waals surface area contributed by atoms with Crippen molar-refractivity contribution in [2.45, 2.75) is 10.9 Å². The Labute approximate surface area is 130 Å². The number of nitrogens with zero attached hydrogens (tertiary/aromatic N) is 2. The molecule has 1 atom stereocenters. The van der Waals surface area contributed by atoms with Gasteiger partial charge >= 0.3 is 0 Å². The largest absolute Gasteiger partial charge is 0.495 e. The Morgan fingerprint density at radius 2 is 2.14 bits per heavy atom. The molecule has 0 aliphatic carbocycles. The van der Waals surface area contributed by atoms with E-state index in [9.17, 15) is 8.42 Å². The van der Waals surface area contributed by atoms with Crippen molar-refractivity contribution >= 4 is 21.6 Å². The zero-order valence-corrected chi connectivity index (χ0v) is 13.7. The molecule has 118 valence electrons. The lowest BCUT2D eigenvalue weighted by molar-refractivity contribution is 0.163. The van der Waals surface area contributed by atoms with Crippen molar-refractivity contribution in [2.75, 3.05) is 40.3 Å². The number of rotatable bonds is 4. The molecule has 1 aliphatic rings. The van der Waals surface area contributed by atoms with Crippen molar-refractivity contribution in [1.29, 1.82) is 0 Å². The molecule has 1 unspecified atom stereocenters. The van der Waals surface area contributed by atoms with Gasteiger partial charge in [-0.25, -0.2) is 8.42 Å². The Morgan fingerprint density at radius 3 is 2.76 bits per heavy atom. The number of nitrogens with two attached hydrogens (primary N) is 1. The minimum Gasteiger partial charge on any atom is -0.495 e. The van der Waals surface area contributed by atoms with Crippen molar-refractivity contribution in [3.8, 4) is 5.75 Å². The molecule has 2 rings (SSSR count). The Balaban J connectivity index is 2.41. The topological polar surface area (TPSA) is 75.9 Å². The van der Waals surface area contributed by atoms with Crippen LogP contribution in [0.15, 0.2) is 23.1 Å².